The molecule has 0 fully saturated rings. The Morgan fingerprint density at radius 2 is 1.81 bits per heavy atom. The highest BCUT2D eigenvalue weighted by Crippen LogP contribution is 2.41. The fourth-order valence-corrected chi connectivity index (χ4v) is 5.63. The van der Waals surface area contributed by atoms with E-state index in [0.29, 0.717) is 27.8 Å². The van der Waals surface area contributed by atoms with E-state index in [4.69, 9.17) is 21.1 Å². The number of carbonyl (C=O) groups is 1. The van der Waals surface area contributed by atoms with Crippen LogP contribution < -0.4 is 19.5 Å². The first-order valence-corrected chi connectivity index (χ1v) is 13.6. The first kappa shape index (κ1) is 26.9. The molecular formula is C27H29ClN2O6S. The zero-order valence-corrected chi connectivity index (χ0v) is 22.5. The number of benzene rings is 3. The van der Waals surface area contributed by atoms with E-state index in [1.807, 2.05) is 6.92 Å². The molecule has 0 aromatic heterocycles. The van der Waals surface area contributed by atoms with Crippen LogP contribution in [0.15, 0.2) is 65.6 Å². The van der Waals surface area contributed by atoms with Gasteiger partial charge in [0.25, 0.3) is 5.91 Å². The molecule has 0 bridgehead atoms. The van der Waals surface area contributed by atoms with E-state index in [0.717, 1.165) is 12.0 Å². The van der Waals surface area contributed by atoms with E-state index >= 15 is 0 Å². The van der Waals surface area contributed by atoms with Crippen molar-refractivity contribution in [3.8, 4) is 11.5 Å². The van der Waals surface area contributed by atoms with Crippen molar-refractivity contribution in [2.45, 2.75) is 49.8 Å². The topological polar surface area (TPSA) is 114 Å². The minimum Gasteiger partial charge on any atom is -0.495 e. The maximum absolute atomic E-state index is 13.2. The van der Waals surface area contributed by atoms with E-state index in [2.05, 4.69) is 10.0 Å². The molecule has 1 aliphatic heterocycles. The molecule has 10 heteroatoms. The third-order valence-electron chi connectivity index (χ3n) is 6.34. The van der Waals surface area contributed by atoms with Gasteiger partial charge in [-0.2, -0.15) is 0 Å². The van der Waals surface area contributed by atoms with Gasteiger partial charge in [0.2, 0.25) is 10.0 Å². The van der Waals surface area contributed by atoms with Crippen molar-refractivity contribution < 1.29 is 27.8 Å². The summed E-state index contributed by atoms with van der Waals surface area (Å²) in [5, 5.41) is 14.2. The molecule has 0 aliphatic carbocycles. The Kier molecular flexibility index (Phi) is 7.52. The Morgan fingerprint density at radius 1 is 1.11 bits per heavy atom. The molecule has 1 aliphatic rings. The van der Waals surface area contributed by atoms with Crippen molar-refractivity contribution in [3.05, 3.63) is 82.4 Å². The third-order valence-corrected chi connectivity index (χ3v) is 8.09. The van der Waals surface area contributed by atoms with Crippen molar-refractivity contribution in [2.75, 3.05) is 12.4 Å². The Bertz CT molecular complexity index is 1420. The van der Waals surface area contributed by atoms with Gasteiger partial charge in [0.1, 0.15) is 23.2 Å². The number of hydrogen-bond acceptors (Lipinski definition) is 6. The number of methoxy groups -OCH3 is 1. The van der Waals surface area contributed by atoms with Crippen LogP contribution in [0.4, 0.5) is 5.69 Å². The van der Waals surface area contributed by atoms with E-state index in [9.17, 15) is 18.3 Å². The van der Waals surface area contributed by atoms with Crippen LogP contribution in [0, 0.1) is 0 Å². The lowest BCUT2D eigenvalue weighted by Crippen LogP contribution is -2.53. The zero-order chi connectivity index (χ0) is 27.0. The molecule has 0 spiro atoms. The summed E-state index contributed by atoms with van der Waals surface area (Å²) in [6.07, 6.45) is -0.454. The highest BCUT2D eigenvalue weighted by atomic mass is 35.5. The van der Waals surface area contributed by atoms with Gasteiger partial charge in [-0.3, -0.25) is 4.79 Å². The number of ether oxygens (including phenoxy) is 2. The van der Waals surface area contributed by atoms with Crippen LogP contribution in [0.2, 0.25) is 5.02 Å². The predicted octanol–water partition coefficient (Wildman–Crippen LogP) is 4.71. The van der Waals surface area contributed by atoms with Gasteiger partial charge in [-0.25, -0.2) is 13.1 Å². The number of fused-ring (bicyclic) bond motifs is 1. The normalized spacial score (nSPS) is 18.4. The predicted molar refractivity (Wildman–Crippen MR) is 142 cm³/mol. The third kappa shape index (κ3) is 5.60. The zero-order valence-electron chi connectivity index (χ0n) is 20.9. The first-order chi connectivity index (χ1) is 17.4. The summed E-state index contributed by atoms with van der Waals surface area (Å²) in [6, 6.07) is 15.0. The minimum absolute atomic E-state index is 0.0769. The highest BCUT2D eigenvalue weighted by molar-refractivity contribution is 7.89. The molecule has 1 heterocycles. The number of anilines is 1. The molecule has 8 nitrogen and oxygen atoms in total. The molecule has 3 N–H and O–H groups in total. The van der Waals surface area contributed by atoms with E-state index < -0.39 is 33.7 Å². The van der Waals surface area contributed by atoms with Crippen LogP contribution in [0.5, 0.6) is 11.5 Å². The number of aryl methyl sites for hydroxylation is 1. The number of hydrogen-bond donors (Lipinski definition) is 3. The van der Waals surface area contributed by atoms with Gasteiger partial charge >= 0.3 is 0 Å². The summed E-state index contributed by atoms with van der Waals surface area (Å²) in [7, 11) is -2.50. The average molecular weight is 545 g/mol. The van der Waals surface area contributed by atoms with Gasteiger partial charge in [0.05, 0.1) is 23.1 Å². The molecule has 37 heavy (non-hydrogen) atoms. The Labute approximate surface area is 221 Å². The van der Waals surface area contributed by atoms with Crippen LogP contribution in [-0.4, -0.2) is 38.2 Å². The maximum atomic E-state index is 13.2. The van der Waals surface area contributed by atoms with Crippen LogP contribution in [0.3, 0.4) is 0 Å². The van der Waals surface area contributed by atoms with Crippen molar-refractivity contribution >= 4 is 33.2 Å². The largest absolute Gasteiger partial charge is 0.495 e. The van der Waals surface area contributed by atoms with E-state index in [1.54, 1.807) is 56.3 Å². The number of aliphatic hydroxyl groups is 1. The van der Waals surface area contributed by atoms with Crippen molar-refractivity contribution in [3.63, 3.8) is 0 Å². The van der Waals surface area contributed by atoms with Crippen LogP contribution in [-0.2, 0) is 16.4 Å². The number of amides is 1. The summed E-state index contributed by atoms with van der Waals surface area (Å²) in [4.78, 5) is 13.1. The fraction of sp³-hybridized carbons (Fsp3) is 0.296. The summed E-state index contributed by atoms with van der Waals surface area (Å²) < 4.78 is 40.2. The van der Waals surface area contributed by atoms with Gasteiger partial charge in [-0.15, -0.1) is 0 Å². The SMILES string of the molecule is CCc1ccc(S(=O)(=O)N[C@@H]2c3cc(C(=O)Nc4ccc(OC)c(Cl)c4)ccc3OC(C)(C)[C@H]2O)cc1. The van der Waals surface area contributed by atoms with E-state index in [1.165, 1.54) is 25.3 Å². The number of halogens is 1. The van der Waals surface area contributed by atoms with Crippen molar-refractivity contribution in [1.29, 1.82) is 0 Å². The van der Waals surface area contributed by atoms with E-state index in [-0.39, 0.29) is 10.5 Å². The van der Waals surface area contributed by atoms with Gasteiger partial charge in [-0.1, -0.05) is 30.7 Å². The highest BCUT2D eigenvalue weighted by Gasteiger charge is 2.44. The quantitative estimate of drug-likeness (QED) is 0.397. The molecule has 3 aromatic carbocycles. The van der Waals surface area contributed by atoms with Gasteiger partial charge in [-0.05, 0) is 74.4 Å². The lowest BCUT2D eigenvalue weighted by atomic mass is 9.86. The second kappa shape index (κ2) is 10.3. The van der Waals surface area contributed by atoms with Gasteiger partial charge in [0.15, 0.2) is 0 Å². The number of carbonyl (C=O) groups excluding carboxylic acids is 1. The average Bonchev–Trinajstić information content (AvgIpc) is 2.86. The summed E-state index contributed by atoms with van der Waals surface area (Å²) in [5.74, 6) is 0.398. The number of sulfonamides is 1. The lowest BCUT2D eigenvalue weighted by Gasteiger charge is -2.42. The Morgan fingerprint density at radius 3 is 2.43 bits per heavy atom. The first-order valence-electron chi connectivity index (χ1n) is 11.7. The fourth-order valence-electron chi connectivity index (χ4n) is 4.16. The standard InChI is InChI=1S/C27H29ClN2O6S/c1-5-16-6-10-19(11-7-16)37(33,34)30-24-20-14-17(8-12-22(20)36-27(2,3)25(24)31)26(32)29-18-9-13-23(35-4)21(28)15-18/h6-15,24-25,30-31H,5H2,1-4H3,(H,29,32)/t24-,25+/m1/s1. The molecule has 0 radical (unpaired) electrons. The molecule has 0 saturated carbocycles. The molecule has 2 atom stereocenters. The molecule has 4 rings (SSSR count). The van der Waals surface area contributed by atoms with Crippen LogP contribution >= 0.6 is 11.6 Å². The number of aliphatic hydroxyl groups excluding tert-OH is 1. The van der Waals surface area contributed by atoms with Gasteiger partial charge in [0, 0.05) is 16.8 Å². The monoisotopic (exact) mass is 544 g/mol. The molecule has 3 aromatic rings. The minimum atomic E-state index is -4.00. The Balaban J connectivity index is 1.66. The molecule has 1 amide bonds. The summed E-state index contributed by atoms with van der Waals surface area (Å²) >= 11 is 6.16. The summed E-state index contributed by atoms with van der Waals surface area (Å²) in [6.45, 7) is 5.33. The number of nitrogens with one attached hydrogen (secondary N) is 2. The molecule has 0 unspecified atom stereocenters. The second-order valence-corrected chi connectivity index (χ2v) is 11.4. The van der Waals surface area contributed by atoms with Crippen LogP contribution in [0.25, 0.3) is 0 Å². The summed E-state index contributed by atoms with van der Waals surface area (Å²) in [5.41, 5.74) is 0.971. The Hall–Kier alpha value is -3.11. The van der Waals surface area contributed by atoms with Crippen molar-refractivity contribution in [1.82, 2.24) is 4.72 Å². The molecule has 0 saturated heterocycles. The van der Waals surface area contributed by atoms with Gasteiger partial charge < -0.3 is 19.9 Å². The number of rotatable bonds is 7. The lowest BCUT2D eigenvalue weighted by molar-refractivity contribution is -0.0603. The molecule has 196 valence electrons. The second-order valence-electron chi connectivity index (χ2n) is 9.30. The van der Waals surface area contributed by atoms with Crippen molar-refractivity contribution in [2.24, 2.45) is 0 Å². The van der Waals surface area contributed by atoms with Crippen LogP contribution in [0.1, 0.15) is 48.3 Å². The smallest absolute Gasteiger partial charge is 0.255 e. The molecular weight excluding hydrogens is 516 g/mol. The maximum Gasteiger partial charge on any atom is 0.255 e.